The van der Waals surface area contributed by atoms with Crippen molar-refractivity contribution in [3.8, 4) is 0 Å². The first-order chi connectivity index (χ1) is 7.60. The van der Waals surface area contributed by atoms with Crippen LogP contribution in [0, 0.1) is 11.6 Å². The van der Waals surface area contributed by atoms with E-state index in [9.17, 15) is 8.78 Å². The summed E-state index contributed by atoms with van der Waals surface area (Å²) in [7, 11) is 1.65. The van der Waals surface area contributed by atoms with Crippen molar-refractivity contribution in [1.29, 1.82) is 0 Å². The molecule has 0 unspecified atom stereocenters. The molecule has 0 amide bonds. The highest BCUT2D eigenvalue weighted by atomic mass is 32.2. The monoisotopic (exact) mass is 247 g/mol. The van der Waals surface area contributed by atoms with Crippen LogP contribution in [0.2, 0.25) is 0 Å². The first kappa shape index (κ1) is 13.3. The number of hydrogen-bond donors (Lipinski definition) is 1. The first-order valence-corrected chi connectivity index (χ1v) is 6.28. The van der Waals surface area contributed by atoms with Crippen LogP contribution in [0.4, 0.5) is 14.5 Å². The van der Waals surface area contributed by atoms with Crippen molar-refractivity contribution in [3.05, 3.63) is 29.3 Å². The molecule has 1 rings (SSSR count). The van der Waals surface area contributed by atoms with E-state index in [2.05, 4.69) is 0 Å². The van der Waals surface area contributed by atoms with Crippen molar-refractivity contribution in [2.24, 2.45) is 0 Å². The van der Waals surface area contributed by atoms with E-state index in [1.807, 2.05) is 6.26 Å². The van der Waals surface area contributed by atoms with Gasteiger partial charge >= 0.3 is 0 Å². The Morgan fingerprint density at radius 2 is 1.88 bits per heavy atom. The van der Waals surface area contributed by atoms with E-state index in [0.29, 0.717) is 6.54 Å². The molecule has 1 N–H and O–H groups in total. The van der Waals surface area contributed by atoms with Gasteiger partial charge in [-0.05, 0) is 24.0 Å². The molecule has 16 heavy (non-hydrogen) atoms. The smallest absolute Gasteiger partial charge is 0.149 e. The van der Waals surface area contributed by atoms with Crippen molar-refractivity contribution in [2.45, 2.75) is 6.61 Å². The van der Waals surface area contributed by atoms with E-state index >= 15 is 0 Å². The summed E-state index contributed by atoms with van der Waals surface area (Å²) in [6.45, 7) is 0.218. The van der Waals surface area contributed by atoms with Gasteiger partial charge in [-0.3, -0.25) is 0 Å². The Morgan fingerprint density at radius 3 is 2.31 bits per heavy atom. The number of aliphatic hydroxyl groups is 1. The summed E-state index contributed by atoms with van der Waals surface area (Å²) in [4.78, 5) is 1.54. The van der Waals surface area contributed by atoms with Crippen molar-refractivity contribution in [3.63, 3.8) is 0 Å². The summed E-state index contributed by atoms with van der Waals surface area (Å²) in [5.74, 6) is -0.461. The van der Waals surface area contributed by atoms with Gasteiger partial charge in [-0.2, -0.15) is 11.8 Å². The third kappa shape index (κ3) is 3.09. The molecular formula is C11H15F2NOS. The molecule has 0 aliphatic rings. The van der Waals surface area contributed by atoms with Crippen molar-refractivity contribution >= 4 is 17.4 Å². The van der Waals surface area contributed by atoms with Crippen LogP contribution < -0.4 is 4.90 Å². The predicted octanol–water partition coefficient (Wildman–Crippen LogP) is 2.26. The molecule has 0 atom stereocenters. The van der Waals surface area contributed by atoms with Crippen molar-refractivity contribution in [1.82, 2.24) is 0 Å². The van der Waals surface area contributed by atoms with Gasteiger partial charge in [0.25, 0.3) is 0 Å². The highest BCUT2D eigenvalue weighted by Crippen LogP contribution is 2.24. The van der Waals surface area contributed by atoms with Gasteiger partial charge in [-0.25, -0.2) is 8.78 Å². The molecule has 5 heteroatoms. The van der Waals surface area contributed by atoms with Crippen LogP contribution in [0.1, 0.15) is 5.56 Å². The molecule has 0 saturated carbocycles. The number of benzene rings is 1. The maximum absolute atomic E-state index is 13.6. The van der Waals surface area contributed by atoms with Gasteiger partial charge < -0.3 is 10.0 Å². The Balaban J connectivity index is 2.95. The number of nitrogens with zero attached hydrogens (tertiary/aromatic N) is 1. The molecule has 90 valence electrons. The lowest BCUT2D eigenvalue weighted by molar-refractivity contribution is 0.280. The highest BCUT2D eigenvalue weighted by Gasteiger charge is 2.14. The van der Waals surface area contributed by atoms with Gasteiger partial charge in [-0.15, -0.1) is 0 Å². The van der Waals surface area contributed by atoms with Crippen LogP contribution in [0.25, 0.3) is 0 Å². The standard InChI is InChI=1S/C11H15F2NOS/c1-14(3-4-16-2)11-9(12)5-8(7-15)6-10(11)13/h5-6,15H,3-4,7H2,1-2H3. The molecule has 2 nitrogen and oxygen atoms in total. The van der Waals surface area contributed by atoms with Crippen LogP contribution in [0.3, 0.4) is 0 Å². The first-order valence-electron chi connectivity index (χ1n) is 4.89. The third-order valence-electron chi connectivity index (χ3n) is 2.27. The fourth-order valence-corrected chi connectivity index (χ4v) is 1.87. The second kappa shape index (κ2) is 6.06. The number of halogens is 2. The number of thioether (sulfide) groups is 1. The summed E-state index contributed by atoms with van der Waals surface area (Å²) in [6.07, 6.45) is 1.94. The number of rotatable bonds is 5. The van der Waals surface area contributed by atoms with Gasteiger partial charge in [-0.1, -0.05) is 0 Å². The van der Waals surface area contributed by atoms with Gasteiger partial charge in [0.05, 0.1) is 6.61 Å². The van der Waals surface area contributed by atoms with Crippen molar-refractivity contribution in [2.75, 3.05) is 30.5 Å². The SMILES string of the molecule is CSCCN(C)c1c(F)cc(CO)cc1F. The molecule has 1 aromatic rings. The van der Waals surface area contributed by atoms with Gasteiger partial charge in [0.2, 0.25) is 0 Å². The van der Waals surface area contributed by atoms with Crippen molar-refractivity contribution < 1.29 is 13.9 Å². The quantitative estimate of drug-likeness (QED) is 0.863. The average molecular weight is 247 g/mol. The summed E-state index contributed by atoms with van der Waals surface area (Å²) in [5, 5.41) is 8.81. The maximum Gasteiger partial charge on any atom is 0.149 e. The van der Waals surface area contributed by atoms with Gasteiger partial charge in [0, 0.05) is 19.3 Å². The summed E-state index contributed by atoms with van der Waals surface area (Å²) < 4.78 is 27.2. The molecule has 0 bridgehead atoms. The summed E-state index contributed by atoms with van der Waals surface area (Å²) in [6, 6.07) is 2.32. The van der Waals surface area contributed by atoms with Gasteiger partial charge in [0.1, 0.15) is 17.3 Å². The number of hydrogen-bond acceptors (Lipinski definition) is 3. The van der Waals surface area contributed by atoms with Crippen LogP contribution in [0.5, 0.6) is 0 Å². The van der Waals surface area contributed by atoms with E-state index in [1.54, 1.807) is 23.7 Å². The molecule has 0 aliphatic heterocycles. The Bertz CT molecular complexity index is 337. The van der Waals surface area contributed by atoms with Crippen LogP contribution >= 0.6 is 11.8 Å². The molecule has 0 aromatic heterocycles. The minimum atomic E-state index is -0.632. The zero-order valence-electron chi connectivity index (χ0n) is 9.33. The van der Waals surface area contributed by atoms with E-state index in [1.165, 1.54) is 0 Å². The lowest BCUT2D eigenvalue weighted by Crippen LogP contribution is -2.22. The van der Waals surface area contributed by atoms with Crippen LogP contribution in [-0.4, -0.2) is 30.7 Å². The lowest BCUT2D eigenvalue weighted by atomic mass is 10.2. The highest BCUT2D eigenvalue weighted by molar-refractivity contribution is 7.98. The van der Waals surface area contributed by atoms with Crippen LogP contribution in [-0.2, 0) is 6.61 Å². The summed E-state index contributed by atoms with van der Waals surface area (Å²) in [5.41, 5.74) is 0.211. The zero-order valence-corrected chi connectivity index (χ0v) is 10.2. The normalized spacial score (nSPS) is 10.6. The van der Waals surface area contributed by atoms with E-state index < -0.39 is 11.6 Å². The third-order valence-corrected chi connectivity index (χ3v) is 2.86. The number of anilines is 1. The average Bonchev–Trinajstić information content (AvgIpc) is 2.25. The minimum Gasteiger partial charge on any atom is -0.392 e. The summed E-state index contributed by atoms with van der Waals surface area (Å²) >= 11 is 1.62. The molecule has 0 saturated heterocycles. The molecule has 0 heterocycles. The largest absolute Gasteiger partial charge is 0.392 e. The van der Waals surface area contributed by atoms with Gasteiger partial charge in [0.15, 0.2) is 0 Å². The molecule has 0 radical (unpaired) electrons. The molecule has 1 aromatic carbocycles. The lowest BCUT2D eigenvalue weighted by Gasteiger charge is -2.20. The minimum absolute atomic E-state index is 0.0359. The Hall–Kier alpha value is -0.810. The predicted molar refractivity (Wildman–Crippen MR) is 63.9 cm³/mol. The second-order valence-corrected chi connectivity index (χ2v) is 4.47. The van der Waals surface area contributed by atoms with E-state index in [4.69, 9.17) is 5.11 Å². The Morgan fingerprint density at radius 1 is 1.31 bits per heavy atom. The van der Waals surface area contributed by atoms with E-state index in [-0.39, 0.29) is 17.9 Å². The Labute approximate surface area is 98.3 Å². The molecule has 0 fully saturated rings. The van der Waals surface area contributed by atoms with Crippen LogP contribution in [0.15, 0.2) is 12.1 Å². The molecular weight excluding hydrogens is 232 g/mol. The van der Waals surface area contributed by atoms with E-state index in [0.717, 1.165) is 17.9 Å². The second-order valence-electron chi connectivity index (χ2n) is 3.48. The maximum atomic E-state index is 13.6. The Kier molecular flexibility index (Phi) is 5.02. The topological polar surface area (TPSA) is 23.5 Å². The number of aliphatic hydroxyl groups excluding tert-OH is 1. The zero-order chi connectivity index (χ0) is 12.1. The fraction of sp³-hybridized carbons (Fsp3) is 0.455. The molecule has 0 aliphatic carbocycles. The fourth-order valence-electron chi connectivity index (χ4n) is 1.41. The molecule has 0 spiro atoms.